The first-order valence-electron chi connectivity index (χ1n) is 13.9. The van der Waals surface area contributed by atoms with Crippen molar-refractivity contribution in [3.8, 4) is 5.00 Å². The Labute approximate surface area is 244 Å². The number of aromatic nitrogens is 3. The Bertz CT molecular complexity index is 1420. The number of piperazine rings is 1. The van der Waals surface area contributed by atoms with Gasteiger partial charge in [0.1, 0.15) is 16.9 Å². The number of hydrogen-bond acceptors (Lipinski definition) is 7. The number of halogens is 1. The lowest BCUT2D eigenvalue weighted by Gasteiger charge is -2.35. The van der Waals surface area contributed by atoms with E-state index in [4.69, 9.17) is 22.3 Å². The quantitative estimate of drug-likeness (QED) is 0.397. The van der Waals surface area contributed by atoms with Crippen LogP contribution < -0.4 is 5.73 Å². The number of aryl methyl sites for hydroxylation is 2. The smallest absolute Gasteiger partial charge is 0.225 e. The first-order valence-corrected chi connectivity index (χ1v) is 15.1. The number of carbonyl (C=O) groups excluding carboxylic acids is 2. The van der Waals surface area contributed by atoms with E-state index < -0.39 is 6.04 Å². The van der Waals surface area contributed by atoms with Crippen LogP contribution in [0, 0.1) is 20.8 Å². The van der Waals surface area contributed by atoms with Gasteiger partial charge in [0.25, 0.3) is 0 Å². The minimum Gasteiger partial charge on any atom is -0.339 e. The number of thiophene rings is 1. The van der Waals surface area contributed by atoms with Gasteiger partial charge in [-0.3, -0.25) is 19.1 Å². The second-order valence-electron chi connectivity index (χ2n) is 10.5. The molecule has 0 unspecified atom stereocenters. The normalized spacial score (nSPS) is 16.8. The third-order valence-corrected chi connectivity index (χ3v) is 9.25. The van der Waals surface area contributed by atoms with Crippen molar-refractivity contribution in [2.75, 3.05) is 32.7 Å². The molecule has 1 aromatic carbocycles. The van der Waals surface area contributed by atoms with Gasteiger partial charge in [0, 0.05) is 53.6 Å². The summed E-state index contributed by atoms with van der Waals surface area (Å²) in [5, 5.41) is 10.6. The fourth-order valence-electron chi connectivity index (χ4n) is 5.39. The van der Waals surface area contributed by atoms with Gasteiger partial charge in [-0.1, -0.05) is 30.2 Å². The molecule has 2 N–H and O–H groups in total. The first kappa shape index (κ1) is 28.4. The van der Waals surface area contributed by atoms with Gasteiger partial charge in [-0.2, -0.15) is 0 Å². The molecule has 212 valence electrons. The summed E-state index contributed by atoms with van der Waals surface area (Å²) >= 11 is 7.90. The van der Waals surface area contributed by atoms with Gasteiger partial charge in [-0.15, -0.1) is 21.5 Å². The standard InChI is InChI=1S/C29H36ClN7O2S/c1-18-19(2)40-29-26(18)27(21-8-10-22(30)11-9-21)32-23(28-34-33-20(3)37(28)29)17-25(39)36-15-13-35(14-16-36)24(38)7-5-4-6-12-31/h8-11,23H,4-7,12-17,31H2,1-3H3/t23-/m0/s1. The summed E-state index contributed by atoms with van der Waals surface area (Å²) in [5.74, 6) is 1.60. The van der Waals surface area contributed by atoms with Crippen LogP contribution >= 0.6 is 22.9 Å². The molecule has 1 saturated heterocycles. The molecule has 0 aliphatic carbocycles. The average Bonchev–Trinajstić information content (AvgIpc) is 3.43. The molecule has 1 fully saturated rings. The molecule has 0 spiro atoms. The highest BCUT2D eigenvalue weighted by Crippen LogP contribution is 2.39. The molecule has 2 amide bonds. The lowest BCUT2D eigenvalue weighted by atomic mass is 9.99. The highest BCUT2D eigenvalue weighted by Gasteiger charge is 2.34. The minimum atomic E-state index is -0.499. The molecule has 5 rings (SSSR count). The van der Waals surface area contributed by atoms with Crippen LogP contribution in [0.15, 0.2) is 29.3 Å². The van der Waals surface area contributed by atoms with Crippen molar-refractivity contribution in [3.63, 3.8) is 0 Å². The number of amides is 2. The Kier molecular flexibility index (Phi) is 8.68. The van der Waals surface area contributed by atoms with Crippen LogP contribution in [-0.2, 0) is 9.59 Å². The van der Waals surface area contributed by atoms with Gasteiger partial charge < -0.3 is 15.5 Å². The van der Waals surface area contributed by atoms with E-state index in [9.17, 15) is 9.59 Å². The third-order valence-electron chi connectivity index (χ3n) is 7.80. The molecule has 1 atom stereocenters. The monoisotopic (exact) mass is 581 g/mol. The van der Waals surface area contributed by atoms with E-state index in [1.54, 1.807) is 11.3 Å². The van der Waals surface area contributed by atoms with Crippen molar-refractivity contribution < 1.29 is 9.59 Å². The number of aliphatic imine (C=N–C) groups is 1. The Balaban J connectivity index is 1.38. The van der Waals surface area contributed by atoms with Gasteiger partial charge in [0.2, 0.25) is 11.8 Å². The molecule has 2 aliphatic heterocycles. The Morgan fingerprint density at radius 1 is 0.975 bits per heavy atom. The van der Waals surface area contributed by atoms with Crippen molar-refractivity contribution in [1.29, 1.82) is 0 Å². The maximum Gasteiger partial charge on any atom is 0.225 e. The zero-order valence-corrected chi connectivity index (χ0v) is 24.9. The minimum absolute atomic E-state index is 0.00427. The first-order chi connectivity index (χ1) is 19.3. The lowest BCUT2D eigenvalue weighted by Crippen LogP contribution is -2.50. The van der Waals surface area contributed by atoms with Crippen LogP contribution in [0.3, 0.4) is 0 Å². The lowest BCUT2D eigenvalue weighted by molar-refractivity contribution is -0.139. The predicted octanol–water partition coefficient (Wildman–Crippen LogP) is 4.38. The van der Waals surface area contributed by atoms with E-state index in [1.807, 2.05) is 41.0 Å². The maximum atomic E-state index is 13.6. The fourth-order valence-corrected chi connectivity index (χ4v) is 6.73. The molecule has 0 radical (unpaired) electrons. The van der Waals surface area contributed by atoms with E-state index in [1.165, 1.54) is 4.88 Å². The molecular formula is C29H36ClN7O2S. The van der Waals surface area contributed by atoms with Gasteiger partial charge in [-0.05, 0) is 57.9 Å². The molecule has 3 aromatic rings. The van der Waals surface area contributed by atoms with E-state index in [2.05, 4.69) is 28.6 Å². The van der Waals surface area contributed by atoms with Gasteiger partial charge in [0.05, 0.1) is 12.1 Å². The second-order valence-corrected chi connectivity index (χ2v) is 12.1. The van der Waals surface area contributed by atoms with Crippen molar-refractivity contribution >= 4 is 40.5 Å². The van der Waals surface area contributed by atoms with Crippen LogP contribution in [0.1, 0.15) is 71.4 Å². The van der Waals surface area contributed by atoms with Crippen molar-refractivity contribution in [3.05, 3.63) is 62.5 Å². The highest BCUT2D eigenvalue weighted by molar-refractivity contribution is 7.15. The number of benzene rings is 1. The molecule has 2 aliphatic rings. The number of hydrogen-bond donors (Lipinski definition) is 1. The van der Waals surface area contributed by atoms with Gasteiger partial charge >= 0.3 is 0 Å². The summed E-state index contributed by atoms with van der Waals surface area (Å²) in [6, 6.07) is 7.18. The molecule has 4 heterocycles. The number of unbranched alkanes of at least 4 members (excludes halogenated alkanes) is 2. The number of rotatable bonds is 8. The summed E-state index contributed by atoms with van der Waals surface area (Å²) in [4.78, 5) is 36.3. The summed E-state index contributed by atoms with van der Waals surface area (Å²) < 4.78 is 2.06. The molecule has 40 heavy (non-hydrogen) atoms. The maximum absolute atomic E-state index is 13.6. The molecule has 11 heteroatoms. The zero-order chi connectivity index (χ0) is 28.4. The predicted molar refractivity (Wildman–Crippen MR) is 159 cm³/mol. The molecule has 9 nitrogen and oxygen atoms in total. The van der Waals surface area contributed by atoms with Crippen LogP contribution in [0.5, 0.6) is 0 Å². The van der Waals surface area contributed by atoms with Crippen molar-refractivity contribution in [1.82, 2.24) is 24.6 Å². The summed E-state index contributed by atoms with van der Waals surface area (Å²) in [7, 11) is 0. The fraction of sp³-hybridized carbons (Fsp3) is 0.483. The van der Waals surface area contributed by atoms with Crippen LogP contribution in [-0.4, -0.2) is 74.8 Å². The number of carbonyl (C=O) groups is 2. The average molecular weight is 582 g/mol. The van der Waals surface area contributed by atoms with Crippen molar-refractivity contribution in [2.24, 2.45) is 10.7 Å². The van der Waals surface area contributed by atoms with Crippen LogP contribution in [0.25, 0.3) is 5.00 Å². The summed E-state index contributed by atoms with van der Waals surface area (Å²) in [6.07, 6.45) is 3.48. The van der Waals surface area contributed by atoms with Crippen LogP contribution in [0.2, 0.25) is 5.02 Å². The highest BCUT2D eigenvalue weighted by atomic mass is 35.5. The Morgan fingerprint density at radius 3 is 2.33 bits per heavy atom. The number of nitrogens with zero attached hydrogens (tertiary/aromatic N) is 6. The van der Waals surface area contributed by atoms with Gasteiger partial charge in [-0.25, -0.2) is 0 Å². The molecule has 0 bridgehead atoms. The van der Waals surface area contributed by atoms with E-state index in [0.29, 0.717) is 50.0 Å². The topological polar surface area (TPSA) is 110 Å². The molecule has 2 aromatic heterocycles. The number of nitrogens with two attached hydrogens (primary N) is 1. The second kappa shape index (κ2) is 12.2. The van der Waals surface area contributed by atoms with E-state index in [0.717, 1.165) is 52.5 Å². The van der Waals surface area contributed by atoms with Gasteiger partial charge in [0.15, 0.2) is 5.82 Å². The largest absolute Gasteiger partial charge is 0.339 e. The summed E-state index contributed by atoms with van der Waals surface area (Å²) in [5.41, 5.74) is 9.53. The van der Waals surface area contributed by atoms with E-state index >= 15 is 0 Å². The third kappa shape index (κ3) is 5.70. The Hall–Kier alpha value is -3.08. The van der Waals surface area contributed by atoms with Crippen LogP contribution in [0.4, 0.5) is 0 Å². The number of fused-ring (bicyclic) bond motifs is 3. The molecule has 0 saturated carbocycles. The van der Waals surface area contributed by atoms with E-state index in [-0.39, 0.29) is 18.2 Å². The Morgan fingerprint density at radius 2 is 1.65 bits per heavy atom. The zero-order valence-electron chi connectivity index (χ0n) is 23.3. The SMILES string of the molecule is Cc1sc2c(c1C)C(c1ccc(Cl)cc1)=N[C@@H](CC(=O)N1CCN(C(=O)CCCCCN)CC1)c1nnc(C)n1-2. The summed E-state index contributed by atoms with van der Waals surface area (Å²) in [6.45, 7) is 8.95. The van der Waals surface area contributed by atoms with Crippen molar-refractivity contribution in [2.45, 2.75) is 58.9 Å². The molecular weight excluding hydrogens is 546 g/mol.